The molecule has 0 aromatic carbocycles. The lowest BCUT2D eigenvalue weighted by molar-refractivity contribution is -0.126. The third-order valence-electron chi connectivity index (χ3n) is 3.13. The van der Waals surface area contributed by atoms with Crippen LogP contribution in [0.2, 0.25) is 0 Å². The van der Waals surface area contributed by atoms with E-state index in [1.807, 2.05) is 0 Å². The van der Waals surface area contributed by atoms with Crippen LogP contribution in [0.4, 0.5) is 13.2 Å². The number of hydrogen-bond donors (Lipinski definition) is 1. The Hall–Kier alpha value is -0.250. The summed E-state index contributed by atoms with van der Waals surface area (Å²) in [7, 11) is 0. The van der Waals surface area contributed by atoms with E-state index in [1.165, 1.54) is 12.8 Å². The molecule has 1 nitrogen and oxygen atoms in total. The van der Waals surface area contributed by atoms with E-state index in [0.717, 1.165) is 31.6 Å². The summed E-state index contributed by atoms with van der Waals surface area (Å²) in [5.74, 6) is 0.749. The summed E-state index contributed by atoms with van der Waals surface area (Å²) in [6.45, 7) is 1.32. The van der Waals surface area contributed by atoms with Crippen LogP contribution in [0, 0.1) is 5.92 Å². The Morgan fingerprint density at radius 1 is 1.13 bits per heavy atom. The maximum atomic E-state index is 11.9. The molecule has 0 aromatic rings. The van der Waals surface area contributed by atoms with Gasteiger partial charge in [0.2, 0.25) is 0 Å². The molecule has 90 valence electrons. The second kappa shape index (κ2) is 5.73. The molecule has 1 fully saturated rings. The molecule has 0 amide bonds. The summed E-state index contributed by atoms with van der Waals surface area (Å²) >= 11 is 0. The number of nitrogens with one attached hydrogen (secondary N) is 1. The van der Waals surface area contributed by atoms with Crippen LogP contribution < -0.4 is 5.32 Å². The van der Waals surface area contributed by atoms with E-state index in [2.05, 4.69) is 12.2 Å². The third-order valence-corrected chi connectivity index (χ3v) is 3.13. The van der Waals surface area contributed by atoms with Gasteiger partial charge in [0.15, 0.2) is 0 Å². The lowest BCUT2D eigenvalue weighted by atomic mass is 9.83. The predicted molar refractivity (Wildman–Crippen MR) is 54.7 cm³/mol. The van der Waals surface area contributed by atoms with Gasteiger partial charge in [-0.3, -0.25) is 0 Å². The number of halogens is 3. The fourth-order valence-corrected chi connectivity index (χ4v) is 2.32. The molecule has 0 heterocycles. The zero-order valence-corrected chi connectivity index (χ0v) is 9.24. The molecule has 1 N–H and O–H groups in total. The van der Waals surface area contributed by atoms with Gasteiger partial charge in [0.1, 0.15) is 0 Å². The number of hydrogen-bond acceptors (Lipinski definition) is 1. The molecule has 4 heteroatoms. The van der Waals surface area contributed by atoms with Gasteiger partial charge in [-0.15, -0.1) is 0 Å². The van der Waals surface area contributed by atoms with Crippen LogP contribution in [0.5, 0.6) is 0 Å². The monoisotopic (exact) mass is 223 g/mol. The lowest BCUT2D eigenvalue weighted by Gasteiger charge is -2.29. The van der Waals surface area contributed by atoms with Gasteiger partial charge in [0, 0.05) is 6.04 Å². The average molecular weight is 223 g/mol. The first-order chi connectivity index (χ1) is 7.01. The molecule has 0 unspecified atom stereocenters. The lowest BCUT2D eigenvalue weighted by Crippen LogP contribution is -2.39. The quantitative estimate of drug-likeness (QED) is 0.769. The van der Waals surface area contributed by atoms with Crippen molar-refractivity contribution in [2.45, 2.75) is 57.7 Å². The van der Waals surface area contributed by atoms with E-state index in [4.69, 9.17) is 0 Å². The van der Waals surface area contributed by atoms with Gasteiger partial charge in [-0.05, 0) is 31.6 Å². The maximum absolute atomic E-state index is 11.9. The van der Waals surface area contributed by atoms with E-state index in [-0.39, 0.29) is 6.04 Å². The molecule has 1 aliphatic carbocycles. The van der Waals surface area contributed by atoms with E-state index >= 15 is 0 Å². The average Bonchev–Trinajstić information content (AvgIpc) is 2.16. The Balaban J connectivity index is 2.15. The molecule has 0 saturated heterocycles. The fraction of sp³-hybridized carbons (Fsp3) is 1.00. The largest absolute Gasteiger partial charge is 0.401 e. The van der Waals surface area contributed by atoms with Gasteiger partial charge in [0.25, 0.3) is 0 Å². The first kappa shape index (κ1) is 12.8. The molecule has 0 atom stereocenters. The normalized spacial score (nSPS) is 28.0. The molecule has 0 radical (unpaired) electrons. The van der Waals surface area contributed by atoms with Crippen molar-refractivity contribution in [3.63, 3.8) is 0 Å². The maximum Gasteiger partial charge on any atom is 0.401 e. The highest BCUT2D eigenvalue weighted by atomic mass is 19.4. The Kier molecular flexibility index (Phi) is 4.90. The topological polar surface area (TPSA) is 12.0 Å². The van der Waals surface area contributed by atoms with E-state index in [0.29, 0.717) is 0 Å². The van der Waals surface area contributed by atoms with Crippen molar-refractivity contribution >= 4 is 0 Å². The molecule has 0 aliphatic heterocycles. The number of alkyl halides is 3. The van der Waals surface area contributed by atoms with Crippen LogP contribution in [-0.4, -0.2) is 18.8 Å². The first-order valence-corrected chi connectivity index (χ1v) is 5.81. The fourth-order valence-electron chi connectivity index (χ4n) is 2.32. The summed E-state index contributed by atoms with van der Waals surface area (Å²) in [5, 5.41) is 2.60. The highest BCUT2D eigenvalue weighted by Crippen LogP contribution is 2.28. The van der Waals surface area contributed by atoms with Crippen LogP contribution in [0.25, 0.3) is 0 Å². The van der Waals surface area contributed by atoms with Gasteiger partial charge >= 0.3 is 6.18 Å². The van der Waals surface area contributed by atoms with Gasteiger partial charge < -0.3 is 5.32 Å². The highest BCUT2D eigenvalue weighted by molar-refractivity contribution is 4.77. The van der Waals surface area contributed by atoms with Crippen molar-refractivity contribution in [3.8, 4) is 0 Å². The Bertz CT molecular complexity index is 171. The Labute approximate surface area is 89.4 Å². The van der Waals surface area contributed by atoms with Crippen LogP contribution in [0.1, 0.15) is 45.4 Å². The minimum atomic E-state index is -4.07. The minimum Gasteiger partial charge on any atom is -0.306 e. The van der Waals surface area contributed by atoms with Crippen molar-refractivity contribution in [1.29, 1.82) is 0 Å². The van der Waals surface area contributed by atoms with Crippen LogP contribution >= 0.6 is 0 Å². The SMILES string of the molecule is CCCC1CCC(NCC(F)(F)F)CC1. The molecular formula is C11H20F3N. The second-order valence-electron chi connectivity index (χ2n) is 4.50. The van der Waals surface area contributed by atoms with Crippen molar-refractivity contribution in [1.82, 2.24) is 5.32 Å². The van der Waals surface area contributed by atoms with E-state index in [9.17, 15) is 13.2 Å². The minimum absolute atomic E-state index is 0.0831. The molecule has 0 spiro atoms. The van der Waals surface area contributed by atoms with Gasteiger partial charge in [0.05, 0.1) is 6.54 Å². The van der Waals surface area contributed by atoms with Gasteiger partial charge in [-0.25, -0.2) is 0 Å². The Morgan fingerprint density at radius 3 is 2.20 bits per heavy atom. The van der Waals surface area contributed by atoms with Gasteiger partial charge in [-0.1, -0.05) is 19.8 Å². The van der Waals surface area contributed by atoms with Crippen molar-refractivity contribution in [2.75, 3.05) is 6.54 Å². The molecule has 15 heavy (non-hydrogen) atoms. The summed E-state index contributed by atoms with van der Waals surface area (Å²) in [4.78, 5) is 0. The van der Waals surface area contributed by atoms with Crippen molar-refractivity contribution in [3.05, 3.63) is 0 Å². The number of rotatable bonds is 4. The molecule has 0 aromatic heterocycles. The van der Waals surface area contributed by atoms with Crippen LogP contribution in [-0.2, 0) is 0 Å². The van der Waals surface area contributed by atoms with Crippen molar-refractivity contribution < 1.29 is 13.2 Å². The predicted octanol–water partition coefficient (Wildman–Crippen LogP) is 3.50. The summed E-state index contributed by atoms with van der Waals surface area (Å²) in [5.41, 5.74) is 0. The summed E-state index contributed by atoms with van der Waals surface area (Å²) in [6, 6.07) is 0.0831. The molecule has 0 bridgehead atoms. The highest BCUT2D eigenvalue weighted by Gasteiger charge is 2.29. The second-order valence-corrected chi connectivity index (χ2v) is 4.50. The van der Waals surface area contributed by atoms with E-state index in [1.54, 1.807) is 0 Å². The zero-order chi connectivity index (χ0) is 11.3. The third kappa shape index (κ3) is 5.40. The molecule has 1 saturated carbocycles. The standard InChI is InChI=1S/C11H20F3N/c1-2-3-9-4-6-10(7-5-9)15-8-11(12,13)14/h9-10,15H,2-8H2,1H3. The van der Waals surface area contributed by atoms with E-state index < -0.39 is 12.7 Å². The molecular weight excluding hydrogens is 203 g/mol. The molecule has 1 rings (SSSR count). The Morgan fingerprint density at radius 2 is 1.73 bits per heavy atom. The van der Waals surface area contributed by atoms with Gasteiger partial charge in [-0.2, -0.15) is 13.2 Å². The van der Waals surface area contributed by atoms with Crippen LogP contribution in [0.3, 0.4) is 0 Å². The first-order valence-electron chi connectivity index (χ1n) is 5.81. The summed E-state index contributed by atoms with van der Waals surface area (Å²) in [6.07, 6.45) is 2.33. The van der Waals surface area contributed by atoms with Crippen molar-refractivity contribution in [2.24, 2.45) is 5.92 Å². The molecule has 1 aliphatic rings. The smallest absolute Gasteiger partial charge is 0.306 e. The summed E-state index contributed by atoms with van der Waals surface area (Å²) < 4.78 is 35.8. The van der Waals surface area contributed by atoms with Crippen LogP contribution in [0.15, 0.2) is 0 Å². The zero-order valence-electron chi connectivity index (χ0n) is 9.24.